The summed E-state index contributed by atoms with van der Waals surface area (Å²) < 4.78 is 5.70. The van der Waals surface area contributed by atoms with Gasteiger partial charge in [-0.1, -0.05) is 54.1 Å². The van der Waals surface area contributed by atoms with E-state index in [1.807, 2.05) is 24.3 Å². The van der Waals surface area contributed by atoms with Crippen LogP contribution in [0, 0.1) is 6.92 Å². The number of hydrogen-bond acceptors (Lipinski definition) is 5. The summed E-state index contributed by atoms with van der Waals surface area (Å²) in [7, 11) is 0. The molecular weight excluding hydrogens is 450 g/mol. The van der Waals surface area contributed by atoms with E-state index in [1.54, 1.807) is 6.20 Å². The topological polar surface area (TPSA) is 87.0 Å². The predicted octanol–water partition coefficient (Wildman–Crippen LogP) is 5.03. The third-order valence-electron chi connectivity index (χ3n) is 6.20. The van der Waals surface area contributed by atoms with Gasteiger partial charge in [0.25, 0.3) is 5.91 Å². The minimum atomic E-state index is -0.278. The van der Waals surface area contributed by atoms with Crippen LogP contribution in [0.1, 0.15) is 38.8 Å². The second kappa shape index (κ2) is 11.0. The van der Waals surface area contributed by atoms with Gasteiger partial charge in [-0.15, -0.1) is 0 Å². The standard InChI is InChI=1S/C29H29N5O2/c1-21-9-11-22(12-10-21)18-34(15-13-23-16-31-26-8-3-2-7-25(23)26)19-28-33-27(20-36-28)29(35)32-17-24-6-4-5-14-30-24/h2-12,14,16,20,31H,13,15,17-19H2,1H3,(H,32,35). The number of benzene rings is 2. The van der Waals surface area contributed by atoms with Crippen LogP contribution in [0.4, 0.5) is 0 Å². The van der Waals surface area contributed by atoms with Crippen LogP contribution in [-0.4, -0.2) is 32.3 Å². The number of oxazole rings is 1. The quantitative estimate of drug-likeness (QED) is 0.293. The Balaban J connectivity index is 1.26. The molecule has 1 amide bonds. The van der Waals surface area contributed by atoms with Gasteiger partial charge in [0, 0.05) is 36.4 Å². The summed E-state index contributed by atoms with van der Waals surface area (Å²) in [6, 6.07) is 22.5. The van der Waals surface area contributed by atoms with Gasteiger partial charge in [0.2, 0.25) is 5.89 Å². The Labute approximate surface area is 210 Å². The zero-order valence-electron chi connectivity index (χ0n) is 20.3. The van der Waals surface area contributed by atoms with Crippen molar-refractivity contribution in [1.82, 2.24) is 25.2 Å². The summed E-state index contributed by atoms with van der Waals surface area (Å²) in [4.78, 5) is 26.9. The molecule has 0 aliphatic rings. The van der Waals surface area contributed by atoms with E-state index in [1.165, 1.54) is 28.3 Å². The van der Waals surface area contributed by atoms with Crippen molar-refractivity contribution in [1.29, 1.82) is 0 Å². The van der Waals surface area contributed by atoms with Crippen molar-refractivity contribution in [3.05, 3.63) is 119 Å². The third kappa shape index (κ3) is 5.87. The van der Waals surface area contributed by atoms with Crippen LogP contribution >= 0.6 is 0 Å². The van der Waals surface area contributed by atoms with Gasteiger partial charge in [-0.3, -0.25) is 14.7 Å². The Kier molecular flexibility index (Phi) is 7.19. The number of fused-ring (bicyclic) bond motifs is 1. The van der Waals surface area contributed by atoms with Crippen LogP contribution in [-0.2, 0) is 26.1 Å². The van der Waals surface area contributed by atoms with Crippen molar-refractivity contribution in [2.45, 2.75) is 33.0 Å². The number of aryl methyl sites for hydroxylation is 1. The van der Waals surface area contributed by atoms with Gasteiger partial charge >= 0.3 is 0 Å². The van der Waals surface area contributed by atoms with Crippen LogP contribution in [0.25, 0.3) is 10.9 Å². The molecular formula is C29H29N5O2. The highest BCUT2D eigenvalue weighted by Gasteiger charge is 2.16. The number of carbonyl (C=O) groups excluding carboxylic acids is 1. The highest BCUT2D eigenvalue weighted by molar-refractivity contribution is 5.91. The number of amides is 1. The lowest BCUT2D eigenvalue weighted by Crippen LogP contribution is -2.26. The number of hydrogen-bond donors (Lipinski definition) is 2. The number of rotatable bonds is 10. The van der Waals surface area contributed by atoms with Crippen LogP contribution in [0.15, 0.2) is 89.8 Å². The Bertz CT molecular complexity index is 1420. The number of aromatic nitrogens is 3. The maximum absolute atomic E-state index is 12.6. The molecule has 0 saturated carbocycles. The zero-order valence-corrected chi connectivity index (χ0v) is 20.3. The average molecular weight is 480 g/mol. The Morgan fingerprint density at radius 1 is 1.03 bits per heavy atom. The van der Waals surface area contributed by atoms with E-state index in [9.17, 15) is 4.79 Å². The summed E-state index contributed by atoms with van der Waals surface area (Å²) >= 11 is 0. The van der Waals surface area contributed by atoms with Gasteiger partial charge < -0.3 is 14.7 Å². The van der Waals surface area contributed by atoms with Gasteiger partial charge in [0.1, 0.15) is 6.26 Å². The lowest BCUT2D eigenvalue weighted by molar-refractivity contribution is 0.0945. The number of para-hydroxylation sites is 1. The third-order valence-corrected chi connectivity index (χ3v) is 6.20. The first-order valence-electron chi connectivity index (χ1n) is 12.1. The Hall–Kier alpha value is -4.23. The van der Waals surface area contributed by atoms with E-state index in [4.69, 9.17) is 4.42 Å². The number of aromatic amines is 1. The molecule has 36 heavy (non-hydrogen) atoms. The van der Waals surface area contributed by atoms with Crippen LogP contribution in [0.2, 0.25) is 0 Å². The maximum atomic E-state index is 12.6. The molecule has 182 valence electrons. The predicted molar refractivity (Wildman–Crippen MR) is 139 cm³/mol. The molecule has 0 saturated heterocycles. The number of nitrogens with zero attached hydrogens (tertiary/aromatic N) is 3. The van der Waals surface area contributed by atoms with Gasteiger partial charge in [-0.2, -0.15) is 0 Å². The first kappa shape index (κ1) is 23.5. The molecule has 5 rings (SSSR count). The molecule has 0 unspecified atom stereocenters. The molecule has 3 aromatic heterocycles. The highest BCUT2D eigenvalue weighted by Crippen LogP contribution is 2.19. The molecule has 7 heteroatoms. The molecule has 0 bridgehead atoms. The monoisotopic (exact) mass is 479 g/mol. The smallest absolute Gasteiger partial charge is 0.273 e. The number of H-pyrrole nitrogens is 1. The SMILES string of the molecule is Cc1ccc(CN(CCc2c[nH]c3ccccc23)Cc2nc(C(=O)NCc3ccccn3)co2)cc1. The minimum absolute atomic E-state index is 0.271. The molecule has 3 heterocycles. The molecule has 5 aromatic rings. The fourth-order valence-electron chi connectivity index (χ4n) is 4.23. The number of pyridine rings is 1. The Morgan fingerprint density at radius 3 is 2.69 bits per heavy atom. The molecule has 0 aliphatic carbocycles. The minimum Gasteiger partial charge on any atom is -0.447 e. The second-order valence-corrected chi connectivity index (χ2v) is 8.94. The summed E-state index contributed by atoms with van der Waals surface area (Å²) in [5.74, 6) is 0.239. The van der Waals surface area contributed by atoms with Crippen LogP contribution in [0.3, 0.4) is 0 Å². The summed E-state index contributed by atoms with van der Waals surface area (Å²) in [6.45, 7) is 4.51. The highest BCUT2D eigenvalue weighted by atomic mass is 16.3. The van der Waals surface area contributed by atoms with Crippen LogP contribution < -0.4 is 5.32 Å². The van der Waals surface area contributed by atoms with E-state index in [-0.39, 0.29) is 11.6 Å². The normalized spacial score (nSPS) is 11.3. The van der Waals surface area contributed by atoms with Crippen molar-refractivity contribution < 1.29 is 9.21 Å². The number of carbonyl (C=O) groups is 1. The molecule has 2 N–H and O–H groups in total. The molecule has 2 aromatic carbocycles. The van der Waals surface area contributed by atoms with Gasteiger partial charge in [-0.05, 0) is 42.7 Å². The second-order valence-electron chi connectivity index (χ2n) is 8.94. The molecule has 0 radical (unpaired) electrons. The van der Waals surface area contributed by atoms with Crippen molar-refractivity contribution >= 4 is 16.8 Å². The summed E-state index contributed by atoms with van der Waals surface area (Å²) in [6.07, 6.45) is 6.10. The lowest BCUT2D eigenvalue weighted by atomic mass is 10.1. The van der Waals surface area contributed by atoms with Crippen LogP contribution in [0.5, 0.6) is 0 Å². The lowest BCUT2D eigenvalue weighted by Gasteiger charge is -2.21. The van der Waals surface area contributed by atoms with E-state index in [0.717, 1.165) is 30.7 Å². The Morgan fingerprint density at radius 2 is 1.86 bits per heavy atom. The fraction of sp³-hybridized carbons (Fsp3) is 0.207. The van der Waals surface area contributed by atoms with Crippen molar-refractivity contribution in [2.24, 2.45) is 0 Å². The largest absolute Gasteiger partial charge is 0.447 e. The zero-order chi connectivity index (χ0) is 24.7. The van der Waals surface area contributed by atoms with E-state index < -0.39 is 0 Å². The summed E-state index contributed by atoms with van der Waals surface area (Å²) in [5, 5.41) is 4.09. The molecule has 7 nitrogen and oxygen atoms in total. The van der Waals surface area contributed by atoms with E-state index >= 15 is 0 Å². The summed E-state index contributed by atoms with van der Waals surface area (Å²) in [5.41, 5.74) is 5.94. The van der Waals surface area contributed by atoms with E-state index in [2.05, 4.69) is 80.8 Å². The van der Waals surface area contributed by atoms with Crippen molar-refractivity contribution in [3.63, 3.8) is 0 Å². The first-order valence-corrected chi connectivity index (χ1v) is 12.1. The molecule has 0 atom stereocenters. The molecule has 0 fully saturated rings. The fourth-order valence-corrected chi connectivity index (χ4v) is 4.23. The van der Waals surface area contributed by atoms with Gasteiger partial charge in [0.15, 0.2) is 5.69 Å². The van der Waals surface area contributed by atoms with Crippen molar-refractivity contribution in [3.8, 4) is 0 Å². The molecule has 0 aliphatic heterocycles. The van der Waals surface area contributed by atoms with Gasteiger partial charge in [0.05, 0.1) is 18.8 Å². The number of nitrogens with one attached hydrogen (secondary N) is 2. The van der Waals surface area contributed by atoms with E-state index in [0.29, 0.717) is 19.0 Å². The van der Waals surface area contributed by atoms with Crippen molar-refractivity contribution in [2.75, 3.05) is 6.54 Å². The van der Waals surface area contributed by atoms with Gasteiger partial charge in [-0.25, -0.2) is 4.98 Å². The molecule has 0 spiro atoms. The first-order chi connectivity index (χ1) is 17.6. The maximum Gasteiger partial charge on any atom is 0.273 e. The average Bonchev–Trinajstić information content (AvgIpc) is 3.55.